The number of carbonyl (C=O) groups excluding carboxylic acids is 1. The van der Waals surface area contributed by atoms with E-state index < -0.39 is 0 Å². The zero-order valence-electron chi connectivity index (χ0n) is 16.1. The number of hydrogen-bond donors (Lipinski definition) is 1. The molecule has 1 fully saturated rings. The van der Waals surface area contributed by atoms with Gasteiger partial charge in [-0.2, -0.15) is 0 Å². The van der Waals surface area contributed by atoms with Gasteiger partial charge in [0.2, 0.25) is 5.91 Å². The maximum Gasteiger partial charge on any atom is 0.231 e. The van der Waals surface area contributed by atoms with Crippen molar-refractivity contribution in [2.45, 2.75) is 32.1 Å². The van der Waals surface area contributed by atoms with Crippen LogP contribution >= 0.6 is 11.3 Å². The van der Waals surface area contributed by atoms with Crippen LogP contribution in [-0.2, 0) is 4.79 Å². The molecule has 2 aromatic carbocycles. The van der Waals surface area contributed by atoms with Crippen molar-refractivity contribution >= 4 is 28.1 Å². The van der Waals surface area contributed by atoms with Crippen LogP contribution in [0.15, 0.2) is 60.0 Å². The molecule has 0 radical (unpaired) electrons. The molecule has 0 bridgehead atoms. The molecule has 4 rings (SSSR count). The van der Waals surface area contributed by atoms with Gasteiger partial charge in [-0.3, -0.25) is 4.79 Å². The molecular formula is C23H25N3OS. The number of thiazole rings is 1. The van der Waals surface area contributed by atoms with E-state index in [1.54, 1.807) is 11.3 Å². The zero-order valence-corrected chi connectivity index (χ0v) is 16.9. The Morgan fingerprint density at radius 3 is 2.68 bits per heavy atom. The predicted octanol–water partition coefficient (Wildman–Crippen LogP) is 5.54. The van der Waals surface area contributed by atoms with E-state index in [2.05, 4.69) is 15.6 Å². The van der Waals surface area contributed by atoms with E-state index in [1.165, 1.54) is 12.8 Å². The SMILES string of the molecule is CC[C@@H](C(=O)Nc1cccc(-c2csc(N3CCCC3)n2)c1)c1ccccc1. The molecule has 0 saturated carbocycles. The van der Waals surface area contributed by atoms with Crippen LogP contribution in [0.25, 0.3) is 11.3 Å². The molecule has 5 heteroatoms. The summed E-state index contributed by atoms with van der Waals surface area (Å²) in [5.74, 6) is -0.118. The fraction of sp³-hybridized carbons (Fsp3) is 0.304. The van der Waals surface area contributed by atoms with Crippen molar-refractivity contribution in [1.82, 2.24) is 4.98 Å². The Kier molecular flexibility index (Phi) is 5.72. The fourth-order valence-corrected chi connectivity index (χ4v) is 4.58. The van der Waals surface area contributed by atoms with Crippen LogP contribution in [0.3, 0.4) is 0 Å². The highest BCUT2D eigenvalue weighted by Crippen LogP contribution is 2.31. The van der Waals surface area contributed by atoms with Gasteiger partial charge in [0.25, 0.3) is 0 Å². The van der Waals surface area contributed by atoms with Crippen LogP contribution in [0.5, 0.6) is 0 Å². The van der Waals surface area contributed by atoms with Gasteiger partial charge in [0.05, 0.1) is 11.6 Å². The van der Waals surface area contributed by atoms with Gasteiger partial charge in [0, 0.05) is 29.7 Å². The number of hydrogen-bond acceptors (Lipinski definition) is 4. The Morgan fingerprint density at radius 1 is 1.14 bits per heavy atom. The molecule has 1 aliphatic heterocycles. The van der Waals surface area contributed by atoms with Crippen LogP contribution in [0, 0.1) is 0 Å². The highest BCUT2D eigenvalue weighted by Gasteiger charge is 2.19. The molecule has 1 atom stereocenters. The molecule has 1 amide bonds. The first-order valence-corrected chi connectivity index (χ1v) is 10.8. The lowest BCUT2D eigenvalue weighted by Gasteiger charge is -2.16. The Morgan fingerprint density at radius 2 is 1.93 bits per heavy atom. The van der Waals surface area contributed by atoms with E-state index in [1.807, 2.05) is 61.5 Å². The number of nitrogens with zero attached hydrogens (tertiary/aromatic N) is 2. The van der Waals surface area contributed by atoms with Crippen molar-refractivity contribution < 1.29 is 4.79 Å². The lowest BCUT2D eigenvalue weighted by atomic mass is 9.95. The number of benzene rings is 2. The molecule has 0 unspecified atom stereocenters. The summed E-state index contributed by atoms with van der Waals surface area (Å²) in [5, 5.41) is 6.29. The average Bonchev–Trinajstić information content (AvgIpc) is 3.41. The van der Waals surface area contributed by atoms with Gasteiger partial charge < -0.3 is 10.2 Å². The summed E-state index contributed by atoms with van der Waals surface area (Å²) in [6.07, 6.45) is 3.26. The molecule has 3 aromatic rings. The second-order valence-electron chi connectivity index (χ2n) is 7.15. The monoisotopic (exact) mass is 391 g/mol. The van der Waals surface area contributed by atoms with Crippen LogP contribution < -0.4 is 10.2 Å². The molecule has 28 heavy (non-hydrogen) atoms. The third kappa shape index (κ3) is 4.09. The van der Waals surface area contributed by atoms with Gasteiger partial charge in [0.1, 0.15) is 0 Å². The number of nitrogens with one attached hydrogen (secondary N) is 1. The van der Waals surface area contributed by atoms with Crippen molar-refractivity contribution in [2.24, 2.45) is 0 Å². The zero-order chi connectivity index (χ0) is 19.3. The largest absolute Gasteiger partial charge is 0.348 e. The van der Waals surface area contributed by atoms with Crippen molar-refractivity contribution in [2.75, 3.05) is 23.3 Å². The smallest absolute Gasteiger partial charge is 0.231 e. The van der Waals surface area contributed by atoms with Crippen LogP contribution in [0.2, 0.25) is 0 Å². The molecule has 1 aromatic heterocycles. The summed E-state index contributed by atoms with van der Waals surface area (Å²) in [6, 6.07) is 17.9. The van der Waals surface area contributed by atoms with Crippen molar-refractivity contribution in [1.29, 1.82) is 0 Å². The molecule has 2 heterocycles. The second kappa shape index (κ2) is 8.57. The first-order valence-electron chi connectivity index (χ1n) is 9.91. The highest BCUT2D eigenvalue weighted by molar-refractivity contribution is 7.14. The predicted molar refractivity (Wildman–Crippen MR) is 117 cm³/mol. The van der Waals surface area contributed by atoms with Gasteiger partial charge in [0.15, 0.2) is 5.13 Å². The molecule has 144 valence electrons. The summed E-state index contributed by atoms with van der Waals surface area (Å²) < 4.78 is 0. The van der Waals surface area contributed by atoms with Crippen molar-refractivity contribution in [3.8, 4) is 11.3 Å². The standard InChI is InChI=1S/C23H25N3OS/c1-2-20(17-9-4-3-5-10-17)22(27)24-19-12-8-11-18(15-19)21-16-28-23(25-21)26-13-6-7-14-26/h3-5,8-12,15-16,20H,2,6-7,13-14H2,1H3,(H,24,27)/t20-/m1/s1. The molecule has 1 N–H and O–H groups in total. The highest BCUT2D eigenvalue weighted by atomic mass is 32.1. The van der Waals surface area contributed by atoms with Crippen LogP contribution in [-0.4, -0.2) is 24.0 Å². The van der Waals surface area contributed by atoms with Crippen molar-refractivity contribution in [3.05, 3.63) is 65.5 Å². The van der Waals surface area contributed by atoms with E-state index in [0.29, 0.717) is 0 Å². The quantitative estimate of drug-likeness (QED) is 0.600. The first-order chi connectivity index (χ1) is 13.7. The Balaban J connectivity index is 1.50. The Bertz CT molecular complexity index is 932. The third-order valence-electron chi connectivity index (χ3n) is 5.22. The van der Waals surface area contributed by atoms with Gasteiger partial charge >= 0.3 is 0 Å². The van der Waals surface area contributed by atoms with E-state index in [0.717, 1.165) is 47.2 Å². The Labute approximate surface area is 170 Å². The summed E-state index contributed by atoms with van der Waals surface area (Å²) in [4.78, 5) is 20.0. The van der Waals surface area contributed by atoms with Gasteiger partial charge in [-0.1, -0.05) is 49.4 Å². The van der Waals surface area contributed by atoms with Crippen LogP contribution in [0.1, 0.15) is 37.7 Å². The molecule has 1 aliphatic rings. The van der Waals surface area contributed by atoms with Gasteiger partial charge in [-0.05, 0) is 37.0 Å². The van der Waals surface area contributed by atoms with E-state index in [9.17, 15) is 4.79 Å². The first kappa shape index (κ1) is 18.7. The van der Waals surface area contributed by atoms with Gasteiger partial charge in [-0.15, -0.1) is 11.3 Å². The Hall–Kier alpha value is -2.66. The lowest BCUT2D eigenvalue weighted by molar-refractivity contribution is -0.117. The molecule has 0 aliphatic carbocycles. The maximum atomic E-state index is 12.8. The summed E-state index contributed by atoms with van der Waals surface area (Å²) >= 11 is 1.69. The minimum atomic E-state index is -0.147. The van der Waals surface area contributed by atoms with Gasteiger partial charge in [-0.25, -0.2) is 4.98 Å². The maximum absolute atomic E-state index is 12.8. The average molecular weight is 392 g/mol. The molecular weight excluding hydrogens is 366 g/mol. The minimum Gasteiger partial charge on any atom is -0.348 e. The number of aromatic nitrogens is 1. The molecule has 4 nitrogen and oxygen atoms in total. The van der Waals surface area contributed by atoms with E-state index >= 15 is 0 Å². The molecule has 0 spiro atoms. The van der Waals surface area contributed by atoms with Crippen LogP contribution in [0.4, 0.5) is 10.8 Å². The van der Waals surface area contributed by atoms with E-state index in [-0.39, 0.29) is 11.8 Å². The number of carbonyl (C=O) groups is 1. The third-order valence-corrected chi connectivity index (χ3v) is 6.12. The summed E-state index contributed by atoms with van der Waals surface area (Å²) in [7, 11) is 0. The fourth-order valence-electron chi connectivity index (χ4n) is 3.69. The number of amides is 1. The number of rotatable bonds is 6. The topological polar surface area (TPSA) is 45.2 Å². The number of anilines is 2. The second-order valence-corrected chi connectivity index (χ2v) is 7.99. The minimum absolute atomic E-state index is 0.0295. The summed E-state index contributed by atoms with van der Waals surface area (Å²) in [6.45, 7) is 4.24. The molecule has 1 saturated heterocycles. The lowest BCUT2D eigenvalue weighted by Crippen LogP contribution is -2.20. The van der Waals surface area contributed by atoms with E-state index in [4.69, 9.17) is 4.98 Å². The normalized spacial score (nSPS) is 14.8. The summed E-state index contributed by atoms with van der Waals surface area (Å²) in [5.41, 5.74) is 3.87. The van der Waals surface area contributed by atoms with Crippen molar-refractivity contribution in [3.63, 3.8) is 0 Å².